The van der Waals surface area contributed by atoms with E-state index in [4.69, 9.17) is 0 Å². The molecule has 0 bridgehead atoms. The number of rotatable bonds is 3. The first-order chi connectivity index (χ1) is 8.47. The van der Waals surface area contributed by atoms with Crippen LogP contribution in [0.2, 0.25) is 0 Å². The lowest BCUT2D eigenvalue weighted by atomic mass is 10.1. The van der Waals surface area contributed by atoms with Gasteiger partial charge in [0, 0.05) is 12.1 Å². The molecule has 0 aliphatic rings. The molecule has 0 radical (unpaired) electrons. The molecule has 1 amide bonds. The van der Waals surface area contributed by atoms with E-state index in [9.17, 15) is 19.3 Å². The number of nitrogens with zero attached hydrogens (tertiary/aromatic N) is 1. The van der Waals surface area contributed by atoms with E-state index in [-0.39, 0.29) is 23.4 Å². The molecule has 0 fully saturated rings. The van der Waals surface area contributed by atoms with Gasteiger partial charge in [-0.05, 0) is 19.4 Å². The first-order valence-electron chi connectivity index (χ1n) is 5.09. The van der Waals surface area contributed by atoms with Gasteiger partial charge in [-0.25, -0.2) is 4.39 Å². The zero-order valence-corrected chi connectivity index (χ0v) is 9.91. The number of amides is 1. The summed E-state index contributed by atoms with van der Waals surface area (Å²) in [5.41, 5.74) is -0.615. The maximum atomic E-state index is 13.7. The van der Waals surface area contributed by atoms with Crippen molar-refractivity contribution in [1.82, 2.24) is 5.32 Å². The first-order valence-corrected chi connectivity index (χ1v) is 5.09. The van der Waals surface area contributed by atoms with Crippen LogP contribution in [-0.4, -0.2) is 17.4 Å². The van der Waals surface area contributed by atoms with Gasteiger partial charge in [-0.1, -0.05) is 5.92 Å². The Hall–Kier alpha value is -2.42. The lowest BCUT2D eigenvalue weighted by molar-refractivity contribution is -0.385. The van der Waals surface area contributed by atoms with Gasteiger partial charge in [0.2, 0.25) is 0 Å². The summed E-state index contributed by atoms with van der Waals surface area (Å²) < 4.78 is 13.7. The average Bonchev–Trinajstić information content (AvgIpc) is 2.32. The summed E-state index contributed by atoms with van der Waals surface area (Å²) in [6.45, 7) is 3.03. The normalized spacial score (nSPS) is 9.28. The van der Waals surface area contributed by atoms with E-state index in [0.29, 0.717) is 0 Å². The minimum atomic E-state index is -0.762. The van der Waals surface area contributed by atoms with Crippen molar-refractivity contribution < 1.29 is 14.1 Å². The summed E-state index contributed by atoms with van der Waals surface area (Å²) in [4.78, 5) is 21.6. The summed E-state index contributed by atoms with van der Waals surface area (Å²) in [6.07, 6.45) is 0. The fourth-order valence-electron chi connectivity index (χ4n) is 1.33. The first kappa shape index (κ1) is 13.6. The fraction of sp³-hybridized carbons (Fsp3) is 0.250. The van der Waals surface area contributed by atoms with Crippen LogP contribution < -0.4 is 5.32 Å². The van der Waals surface area contributed by atoms with Crippen LogP contribution >= 0.6 is 0 Å². The number of hydrogen-bond donors (Lipinski definition) is 1. The fourth-order valence-corrected chi connectivity index (χ4v) is 1.33. The summed E-state index contributed by atoms with van der Waals surface area (Å²) in [6, 6.07) is 2.00. The predicted molar refractivity (Wildman–Crippen MR) is 63.6 cm³/mol. The van der Waals surface area contributed by atoms with Gasteiger partial charge in [0.05, 0.1) is 17.0 Å². The van der Waals surface area contributed by atoms with Crippen LogP contribution in [-0.2, 0) is 0 Å². The van der Waals surface area contributed by atoms with Crippen LogP contribution in [0.1, 0.15) is 22.8 Å². The van der Waals surface area contributed by atoms with E-state index in [0.717, 1.165) is 12.1 Å². The van der Waals surface area contributed by atoms with E-state index < -0.39 is 16.6 Å². The second-order valence-electron chi connectivity index (χ2n) is 3.49. The van der Waals surface area contributed by atoms with Gasteiger partial charge in [0.1, 0.15) is 5.82 Å². The molecule has 0 atom stereocenters. The molecule has 0 aliphatic carbocycles. The zero-order chi connectivity index (χ0) is 13.7. The smallest absolute Gasteiger partial charge is 0.270 e. The van der Waals surface area contributed by atoms with Crippen molar-refractivity contribution in [3.63, 3.8) is 0 Å². The van der Waals surface area contributed by atoms with Gasteiger partial charge in [-0.3, -0.25) is 14.9 Å². The maximum absolute atomic E-state index is 13.7. The molecule has 0 saturated carbocycles. The third kappa shape index (κ3) is 3.04. The van der Waals surface area contributed by atoms with Gasteiger partial charge < -0.3 is 5.32 Å². The van der Waals surface area contributed by atoms with Crippen molar-refractivity contribution in [1.29, 1.82) is 0 Å². The van der Waals surface area contributed by atoms with E-state index in [1.807, 2.05) is 0 Å². The highest BCUT2D eigenvalue weighted by Crippen LogP contribution is 2.20. The molecule has 5 nitrogen and oxygen atoms in total. The minimum Gasteiger partial charge on any atom is -0.341 e. The van der Waals surface area contributed by atoms with Crippen molar-refractivity contribution in [3.05, 3.63) is 39.2 Å². The van der Waals surface area contributed by atoms with Crippen LogP contribution in [0.5, 0.6) is 0 Å². The number of nitrogens with one attached hydrogen (secondary N) is 1. The molecule has 94 valence electrons. The number of aryl methyl sites for hydroxylation is 1. The van der Waals surface area contributed by atoms with Crippen molar-refractivity contribution in [2.45, 2.75) is 13.8 Å². The summed E-state index contributed by atoms with van der Waals surface area (Å²) in [7, 11) is 0. The monoisotopic (exact) mass is 250 g/mol. The molecule has 0 aromatic heterocycles. The van der Waals surface area contributed by atoms with Gasteiger partial charge in [0.15, 0.2) is 0 Å². The molecular formula is C12H11FN2O3. The Bertz CT molecular complexity index is 558. The average molecular weight is 250 g/mol. The van der Waals surface area contributed by atoms with E-state index in [1.165, 1.54) is 6.92 Å². The highest BCUT2D eigenvalue weighted by molar-refractivity contribution is 5.95. The molecule has 1 aromatic rings. The van der Waals surface area contributed by atoms with E-state index in [2.05, 4.69) is 17.2 Å². The summed E-state index contributed by atoms with van der Waals surface area (Å²) >= 11 is 0. The number of carbonyl (C=O) groups excluding carboxylic acids is 1. The van der Waals surface area contributed by atoms with Gasteiger partial charge >= 0.3 is 0 Å². The van der Waals surface area contributed by atoms with Crippen molar-refractivity contribution in [3.8, 4) is 11.8 Å². The SMILES string of the molecule is CC#CCNC(=O)c1cc([N+](=O)[O-])cc(C)c1F. The Kier molecular flexibility index (Phi) is 4.38. The number of hydrogen-bond acceptors (Lipinski definition) is 3. The molecule has 0 aliphatic heterocycles. The molecule has 1 N–H and O–H groups in total. The molecule has 0 unspecified atom stereocenters. The molecule has 18 heavy (non-hydrogen) atoms. The van der Waals surface area contributed by atoms with Gasteiger partial charge in [0.25, 0.3) is 11.6 Å². The lowest BCUT2D eigenvalue weighted by Gasteiger charge is -2.05. The van der Waals surface area contributed by atoms with Crippen molar-refractivity contribution >= 4 is 11.6 Å². The third-order valence-electron chi connectivity index (χ3n) is 2.21. The molecule has 0 spiro atoms. The second kappa shape index (κ2) is 5.77. The van der Waals surface area contributed by atoms with Crippen molar-refractivity contribution in [2.75, 3.05) is 6.54 Å². The van der Waals surface area contributed by atoms with Gasteiger partial charge in [-0.15, -0.1) is 5.92 Å². The Morgan fingerprint density at radius 2 is 2.22 bits per heavy atom. The van der Waals surface area contributed by atoms with Crippen molar-refractivity contribution in [2.24, 2.45) is 0 Å². The van der Waals surface area contributed by atoms with E-state index >= 15 is 0 Å². The lowest BCUT2D eigenvalue weighted by Crippen LogP contribution is -2.25. The molecule has 0 heterocycles. The minimum absolute atomic E-state index is 0.0518. The third-order valence-corrected chi connectivity index (χ3v) is 2.21. The van der Waals surface area contributed by atoms with Crippen LogP contribution in [0.4, 0.5) is 10.1 Å². The highest BCUT2D eigenvalue weighted by atomic mass is 19.1. The number of halogens is 1. The Labute approximate surface area is 103 Å². The van der Waals surface area contributed by atoms with Crippen LogP contribution in [0.3, 0.4) is 0 Å². The van der Waals surface area contributed by atoms with Crippen LogP contribution in [0.15, 0.2) is 12.1 Å². The molecule has 6 heteroatoms. The second-order valence-corrected chi connectivity index (χ2v) is 3.49. The maximum Gasteiger partial charge on any atom is 0.270 e. The number of carbonyl (C=O) groups is 1. The summed E-state index contributed by atoms with van der Waals surface area (Å²) in [5, 5.41) is 13.0. The quantitative estimate of drug-likeness (QED) is 0.505. The van der Waals surface area contributed by atoms with Gasteiger partial charge in [-0.2, -0.15) is 0 Å². The number of non-ortho nitro benzene ring substituents is 1. The zero-order valence-electron chi connectivity index (χ0n) is 9.91. The largest absolute Gasteiger partial charge is 0.341 e. The number of benzene rings is 1. The molecular weight excluding hydrogens is 239 g/mol. The Morgan fingerprint density at radius 3 is 2.78 bits per heavy atom. The molecule has 1 rings (SSSR count). The van der Waals surface area contributed by atoms with E-state index in [1.54, 1.807) is 6.92 Å². The number of nitro groups is 1. The summed E-state index contributed by atoms with van der Waals surface area (Å²) in [5.74, 6) is 3.66. The highest BCUT2D eigenvalue weighted by Gasteiger charge is 2.19. The van der Waals surface area contributed by atoms with Crippen LogP contribution in [0.25, 0.3) is 0 Å². The predicted octanol–water partition coefficient (Wildman–Crippen LogP) is 1.80. The molecule has 0 saturated heterocycles. The van der Waals surface area contributed by atoms with Crippen LogP contribution in [0, 0.1) is 34.7 Å². The topological polar surface area (TPSA) is 72.2 Å². The number of nitro benzene ring substituents is 1. The Balaban J connectivity index is 3.09. The standard InChI is InChI=1S/C12H11FN2O3/c1-3-4-5-14-12(16)10-7-9(15(17)18)6-8(2)11(10)13/h6-7H,5H2,1-2H3,(H,14,16). The molecule has 1 aromatic carbocycles. The Morgan fingerprint density at radius 1 is 1.56 bits per heavy atom.